The van der Waals surface area contributed by atoms with Crippen molar-refractivity contribution in [2.45, 2.75) is 32.0 Å². The van der Waals surface area contributed by atoms with Gasteiger partial charge in [0.1, 0.15) is 0 Å². The lowest BCUT2D eigenvalue weighted by Gasteiger charge is -2.38. The van der Waals surface area contributed by atoms with Gasteiger partial charge in [-0.15, -0.1) is 0 Å². The minimum Gasteiger partial charge on any atom is -0.481 e. The third kappa shape index (κ3) is 4.13. The molecule has 0 spiro atoms. The number of carboxylic acids is 1. The summed E-state index contributed by atoms with van der Waals surface area (Å²) in [6, 6.07) is 8.28. The van der Waals surface area contributed by atoms with Gasteiger partial charge in [-0.1, -0.05) is 24.3 Å². The highest BCUT2D eigenvalue weighted by Crippen LogP contribution is 2.40. The Morgan fingerprint density at radius 1 is 1.26 bits per heavy atom. The van der Waals surface area contributed by atoms with Gasteiger partial charge in [0.15, 0.2) is 0 Å². The molecule has 1 aromatic carbocycles. The normalized spacial score (nSPS) is 19.6. The van der Waals surface area contributed by atoms with E-state index in [4.69, 9.17) is 0 Å². The Hall–Kier alpha value is -2.41. The van der Waals surface area contributed by atoms with E-state index >= 15 is 0 Å². The first-order valence-corrected chi connectivity index (χ1v) is 8.83. The molecule has 1 aliphatic rings. The fraction of sp³-hybridized carbons (Fsp3) is 0.400. The largest absolute Gasteiger partial charge is 0.481 e. The van der Waals surface area contributed by atoms with Crippen LogP contribution in [-0.2, 0) is 11.0 Å². The lowest BCUT2D eigenvalue weighted by atomic mass is 9.90. The summed E-state index contributed by atoms with van der Waals surface area (Å²) >= 11 is 0. The highest BCUT2D eigenvalue weighted by Gasteiger charge is 2.39. The lowest BCUT2D eigenvalue weighted by Crippen LogP contribution is -2.42. The first-order valence-electron chi connectivity index (χ1n) is 8.83. The van der Waals surface area contributed by atoms with Crippen molar-refractivity contribution in [3.05, 3.63) is 65.0 Å². The van der Waals surface area contributed by atoms with E-state index < -0.39 is 29.7 Å². The molecule has 1 fully saturated rings. The van der Waals surface area contributed by atoms with Crippen LogP contribution in [-0.4, -0.2) is 34.0 Å². The van der Waals surface area contributed by atoms with Crippen molar-refractivity contribution in [3.8, 4) is 0 Å². The van der Waals surface area contributed by atoms with Crippen molar-refractivity contribution >= 4 is 5.97 Å². The van der Waals surface area contributed by atoms with Crippen LogP contribution in [0.5, 0.6) is 0 Å². The van der Waals surface area contributed by atoms with E-state index in [1.54, 1.807) is 18.3 Å². The van der Waals surface area contributed by atoms with Gasteiger partial charge < -0.3 is 5.11 Å². The highest BCUT2D eigenvalue weighted by molar-refractivity contribution is 5.70. The number of piperidine rings is 1. The van der Waals surface area contributed by atoms with E-state index in [9.17, 15) is 23.1 Å². The minimum absolute atomic E-state index is 0.109. The van der Waals surface area contributed by atoms with Crippen LogP contribution in [0, 0.1) is 12.8 Å². The Labute approximate surface area is 155 Å². The van der Waals surface area contributed by atoms with E-state index in [2.05, 4.69) is 4.98 Å². The van der Waals surface area contributed by atoms with E-state index in [0.717, 1.165) is 11.6 Å². The number of hydrogen-bond acceptors (Lipinski definition) is 3. The molecule has 0 amide bonds. The molecule has 0 bridgehead atoms. The molecule has 27 heavy (non-hydrogen) atoms. The van der Waals surface area contributed by atoms with Gasteiger partial charge in [0.25, 0.3) is 0 Å². The molecule has 1 saturated heterocycles. The van der Waals surface area contributed by atoms with Crippen molar-refractivity contribution in [1.82, 2.24) is 9.88 Å². The van der Waals surface area contributed by atoms with Gasteiger partial charge in [0.05, 0.1) is 23.2 Å². The number of hydrogen-bond donors (Lipinski definition) is 1. The maximum Gasteiger partial charge on any atom is 0.416 e. The zero-order valence-electron chi connectivity index (χ0n) is 14.9. The fourth-order valence-electron chi connectivity index (χ4n) is 3.74. The van der Waals surface area contributed by atoms with E-state index in [0.29, 0.717) is 25.1 Å². The molecule has 3 rings (SSSR count). The van der Waals surface area contributed by atoms with Crippen LogP contribution in [0.1, 0.15) is 41.3 Å². The number of aromatic nitrogens is 1. The molecular weight excluding hydrogens is 357 g/mol. The smallest absolute Gasteiger partial charge is 0.416 e. The molecule has 2 atom stereocenters. The summed E-state index contributed by atoms with van der Waals surface area (Å²) in [7, 11) is 0. The van der Waals surface area contributed by atoms with Gasteiger partial charge in [-0.2, -0.15) is 13.2 Å². The highest BCUT2D eigenvalue weighted by atomic mass is 19.4. The summed E-state index contributed by atoms with van der Waals surface area (Å²) in [5, 5.41) is 9.40. The van der Waals surface area contributed by atoms with E-state index in [1.807, 2.05) is 17.9 Å². The van der Waals surface area contributed by atoms with Crippen LogP contribution >= 0.6 is 0 Å². The van der Waals surface area contributed by atoms with Gasteiger partial charge in [0, 0.05) is 12.7 Å². The number of pyridine rings is 1. The molecule has 1 aliphatic heterocycles. The summed E-state index contributed by atoms with van der Waals surface area (Å²) in [5.41, 5.74) is 0.701. The third-order valence-corrected chi connectivity index (χ3v) is 5.04. The number of rotatable bonds is 4. The number of nitrogens with zero attached hydrogens (tertiary/aromatic N) is 2. The van der Waals surface area contributed by atoms with Crippen molar-refractivity contribution in [2.75, 3.05) is 13.1 Å². The van der Waals surface area contributed by atoms with Crippen molar-refractivity contribution in [3.63, 3.8) is 0 Å². The zero-order valence-corrected chi connectivity index (χ0v) is 14.9. The first-order chi connectivity index (χ1) is 12.8. The molecular formula is C20H21F3N2O2. The number of alkyl halides is 3. The third-order valence-electron chi connectivity index (χ3n) is 5.04. The van der Waals surface area contributed by atoms with Crippen LogP contribution in [0.3, 0.4) is 0 Å². The number of carboxylic acid groups (broad SMARTS) is 1. The summed E-state index contributed by atoms with van der Waals surface area (Å²) < 4.78 is 41.0. The molecule has 1 N–H and O–H groups in total. The molecule has 144 valence electrons. The second kappa shape index (κ2) is 7.68. The Morgan fingerprint density at radius 3 is 2.67 bits per heavy atom. The van der Waals surface area contributed by atoms with Crippen molar-refractivity contribution in [1.29, 1.82) is 0 Å². The van der Waals surface area contributed by atoms with Crippen molar-refractivity contribution in [2.24, 2.45) is 5.92 Å². The SMILES string of the molecule is Cc1cccnc1C(c1ccccc1C(F)(F)F)N1CCCC(C(=O)O)C1. The topological polar surface area (TPSA) is 53.4 Å². The lowest BCUT2D eigenvalue weighted by molar-refractivity contribution is -0.144. The molecule has 2 heterocycles. The number of halogens is 3. The zero-order chi connectivity index (χ0) is 19.6. The first kappa shape index (κ1) is 19.4. The van der Waals surface area contributed by atoms with Gasteiger partial charge >= 0.3 is 12.1 Å². The van der Waals surface area contributed by atoms with Gasteiger partial charge in [-0.25, -0.2) is 0 Å². The van der Waals surface area contributed by atoms with Crippen LogP contribution in [0.4, 0.5) is 13.2 Å². The Balaban J connectivity index is 2.13. The van der Waals surface area contributed by atoms with Gasteiger partial charge in [-0.3, -0.25) is 14.7 Å². The summed E-state index contributed by atoms with van der Waals surface area (Å²) in [5.74, 6) is -1.51. The standard InChI is InChI=1S/C20H21F3N2O2/c1-13-6-4-10-24-17(13)18(25-11-5-7-14(12-25)19(26)27)15-8-2-3-9-16(15)20(21,22)23/h2-4,6,8-10,14,18H,5,7,11-12H2,1H3,(H,26,27). The fourth-order valence-corrected chi connectivity index (χ4v) is 3.74. The number of carbonyl (C=O) groups is 1. The molecule has 7 heteroatoms. The Morgan fingerprint density at radius 2 is 2.00 bits per heavy atom. The van der Waals surface area contributed by atoms with Crippen molar-refractivity contribution < 1.29 is 23.1 Å². The van der Waals surface area contributed by atoms with Crippen LogP contribution < -0.4 is 0 Å². The van der Waals surface area contributed by atoms with Crippen LogP contribution in [0.15, 0.2) is 42.6 Å². The number of aliphatic carboxylic acids is 1. The molecule has 2 aromatic rings. The number of aryl methyl sites for hydroxylation is 1. The molecule has 1 aromatic heterocycles. The molecule has 0 aliphatic carbocycles. The van der Waals surface area contributed by atoms with E-state index in [-0.39, 0.29) is 12.1 Å². The van der Waals surface area contributed by atoms with Gasteiger partial charge in [0.2, 0.25) is 0 Å². The summed E-state index contributed by atoms with van der Waals surface area (Å²) in [4.78, 5) is 17.7. The molecule has 2 unspecified atom stereocenters. The number of benzene rings is 1. The average Bonchev–Trinajstić information content (AvgIpc) is 2.63. The monoisotopic (exact) mass is 378 g/mol. The van der Waals surface area contributed by atoms with Crippen LogP contribution in [0.2, 0.25) is 0 Å². The quantitative estimate of drug-likeness (QED) is 0.862. The molecule has 4 nitrogen and oxygen atoms in total. The molecule has 0 radical (unpaired) electrons. The Kier molecular flexibility index (Phi) is 5.51. The second-order valence-electron chi connectivity index (χ2n) is 6.87. The van der Waals surface area contributed by atoms with Crippen LogP contribution in [0.25, 0.3) is 0 Å². The minimum atomic E-state index is -4.50. The predicted octanol–water partition coefficient (Wildman–Crippen LogP) is 4.29. The summed E-state index contributed by atoms with van der Waals surface area (Å²) in [6.07, 6.45) is -1.79. The number of likely N-dealkylation sites (tertiary alicyclic amines) is 1. The Bertz CT molecular complexity index is 823. The maximum atomic E-state index is 13.7. The average molecular weight is 378 g/mol. The van der Waals surface area contributed by atoms with E-state index in [1.165, 1.54) is 12.1 Å². The molecule has 0 saturated carbocycles. The van der Waals surface area contributed by atoms with Gasteiger partial charge in [-0.05, 0) is 49.6 Å². The second-order valence-corrected chi connectivity index (χ2v) is 6.87. The summed E-state index contributed by atoms with van der Waals surface area (Å²) in [6.45, 7) is 2.53. The maximum absolute atomic E-state index is 13.7. The predicted molar refractivity (Wildman–Crippen MR) is 94.2 cm³/mol.